The van der Waals surface area contributed by atoms with Gasteiger partial charge in [-0.15, -0.1) is 0 Å². The van der Waals surface area contributed by atoms with Crippen molar-refractivity contribution in [2.75, 3.05) is 6.54 Å². The van der Waals surface area contributed by atoms with Gasteiger partial charge in [-0.1, -0.05) is 59.3 Å². The van der Waals surface area contributed by atoms with Gasteiger partial charge in [-0.3, -0.25) is 0 Å². The lowest BCUT2D eigenvalue weighted by atomic mass is 9.66. The SMILES string of the molecule is CC(C)C1=CC=CC(C)(C(C)C)C1NC(=O)NCC1(c2ccco2)CCC1. The van der Waals surface area contributed by atoms with E-state index in [9.17, 15) is 4.79 Å². The molecule has 3 rings (SSSR count). The number of rotatable bonds is 6. The Morgan fingerprint density at radius 2 is 2.04 bits per heavy atom. The van der Waals surface area contributed by atoms with Crippen molar-refractivity contribution in [2.24, 2.45) is 17.3 Å². The maximum absolute atomic E-state index is 12.8. The lowest BCUT2D eigenvalue weighted by Crippen LogP contribution is -2.55. The minimum Gasteiger partial charge on any atom is -0.469 e. The number of nitrogens with one attached hydrogen (secondary N) is 2. The van der Waals surface area contributed by atoms with Crippen molar-refractivity contribution in [1.29, 1.82) is 0 Å². The molecule has 148 valence electrons. The molecule has 0 saturated heterocycles. The molecule has 4 nitrogen and oxygen atoms in total. The molecule has 2 N–H and O–H groups in total. The Morgan fingerprint density at radius 1 is 1.30 bits per heavy atom. The summed E-state index contributed by atoms with van der Waals surface area (Å²) in [4.78, 5) is 12.8. The van der Waals surface area contributed by atoms with E-state index in [0.29, 0.717) is 18.4 Å². The first-order valence-corrected chi connectivity index (χ1v) is 10.3. The van der Waals surface area contributed by atoms with Crippen LogP contribution in [0.2, 0.25) is 0 Å². The maximum atomic E-state index is 12.8. The Bertz CT molecular complexity index is 711. The second-order valence-electron chi connectivity index (χ2n) is 9.07. The van der Waals surface area contributed by atoms with Crippen molar-refractivity contribution in [3.8, 4) is 0 Å². The van der Waals surface area contributed by atoms with Gasteiger partial charge < -0.3 is 15.1 Å². The summed E-state index contributed by atoms with van der Waals surface area (Å²) in [5.74, 6) is 1.80. The van der Waals surface area contributed by atoms with E-state index >= 15 is 0 Å². The number of urea groups is 1. The van der Waals surface area contributed by atoms with Crippen LogP contribution in [0.5, 0.6) is 0 Å². The van der Waals surface area contributed by atoms with Crippen LogP contribution in [-0.2, 0) is 5.41 Å². The molecule has 2 aliphatic rings. The van der Waals surface area contributed by atoms with E-state index < -0.39 is 0 Å². The monoisotopic (exact) mass is 370 g/mol. The predicted octanol–water partition coefficient (Wildman–Crippen LogP) is 5.18. The van der Waals surface area contributed by atoms with Gasteiger partial charge in [-0.05, 0) is 42.4 Å². The van der Waals surface area contributed by atoms with Crippen molar-refractivity contribution in [1.82, 2.24) is 10.6 Å². The van der Waals surface area contributed by atoms with Gasteiger partial charge in [0, 0.05) is 17.4 Å². The van der Waals surface area contributed by atoms with Crippen LogP contribution in [0.3, 0.4) is 0 Å². The number of hydrogen-bond donors (Lipinski definition) is 2. The summed E-state index contributed by atoms with van der Waals surface area (Å²) < 4.78 is 5.65. The first kappa shape index (κ1) is 19.8. The summed E-state index contributed by atoms with van der Waals surface area (Å²) in [7, 11) is 0. The Morgan fingerprint density at radius 3 is 2.56 bits per heavy atom. The number of hydrogen-bond acceptors (Lipinski definition) is 2. The van der Waals surface area contributed by atoms with Crippen LogP contribution in [0.1, 0.15) is 59.6 Å². The molecule has 2 aliphatic carbocycles. The molecule has 0 aliphatic heterocycles. The zero-order valence-electron chi connectivity index (χ0n) is 17.3. The third-order valence-corrected chi connectivity index (χ3v) is 6.83. The second kappa shape index (κ2) is 7.57. The standard InChI is InChI=1S/C23H34N2O2/c1-16(2)18-9-6-11-22(5,17(3)4)20(18)25-21(26)24-15-23(12-8-13-23)19-10-7-14-27-19/h6-7,9-11,14,16-17,20H,8,12-13,15H2,1-5H3,(H2,24,25,26). The van der Waals surface area contributed by atoms with Gasteiger partial charge in [0.25, 0.3) is 0 Å². The molecule has 27 heavy (non-hydrogen) atoms. The van der Waals surface area contributed by atoms with E-state index in [1.807, 2.05) is 12.1 Å². The van der Waals surface area contributed by atoms with Crippen LogP contribution in [-0.4, -0.2) is 18.6 Å². The zero-order valence-corrected chi connectivity index (χ0v) is 17.3. The predicted molar refractivity (Wildman–Crippen MR) is 110 cm³/mol. The Balaban J connectivity index is 1.69. The molecule has 4 heteroatoms. The average molecular weight is 371 g/mol. The fourth-order valence-electron chi connectivity index (χ4n) is 4.33. The highest BCUT2D eigenvalue weighted by atomic mass is 16.3. The van der Waals surface area contributed by atoms with Crippen LogP contribution < -0.4 is 10.6 Å². The molecule has 0 bridgehead atoms. The van der Waals surface area contributed by atoms with Gasteiger partial charge in [0.2, 0.25) is 0 Å². The highest BCUT2D eigenvalue weighted by Gasteiger charge is 2.43. The molecule has 0 spiro atoms. The zero-order chi connectivity index (χ0) is 19.7. The maximum Gasteiger partial charge on any atom is 0.315 e. The molecule has 2 unspecified atom stereocenters. The Hall–Kier alpha value is -1.97. The molecular weight excluding hydrogens is 336 g/mol. The largest absolute Gasteiger partial charge is 0.469 e. The van der Waals surface area contributed by atoms with E-state index in [-0.39, 0.29) is 22.9 Å². The van der Waals surface area contributed by atoms with Crippen LogP contribution in [0, 0.1) is 17.3 Å². The molecule has 1 heterocycles. The van der Waals surface area contributed by atoms with E-state index in [0.717, 1.165) is 18.6 Å². The molecule has 0 aromatic carbocycles. The van der Waals surface area contributed by atoms with Crippen LogP contribution >= 0.6 is 0 Å². The minimum atomic E-state index is -0.0964. The molecule has 0 radical (unpaired) electrons. The Labute approximate surface area is 163 Å². The van der Waals surface area contributed by atoms with Gasteiger partial charge in [0.1, 0.15) is 5.76 Å². The van der Waals surface area contributed by atoms with Crippen LogP contribution in [0.25, 0.3) is 0 Å². The molecule has 1 aromatic heterocycles. The number of carbonyl (C=O) groups excluding carboxylic acids is 1. The van der Waals surface area contributed by atoms with Gasteiger partial charge >= 0.3 is 6.03 Å². The fourth-order valence-corrected chi connectivity index (χ4v) is 4.33. The molecular formula is C23H34N2O2. The first-order valence-electron chi connectivity index (χ1n) is 10.3. The summed E-state index contributed by atoms with van der Waals surface area (Å²) in [6, 6.07) is 3.87. The second-order valence-corrected chi connectivity index (χ2v) is 9.07. The van der Waals surface area contributed by atoms with Gasteiger partial charge in [-0.25, -0.2) is 4.79 Å². The molecule has 2 amide bonds. The lowest BCUT2D eigenvalue weighted by molar-refractivity contribution is 0.179. The summed E-state index contributed by atoms with van der Waals surface area (Å²) in [6.45, 7) is 11.7. The minimum absolute atomic E-state index is 0.00320. The quantitative estimate of drug-likeness (QED) is 0.724. The number of allylic oxidation sites excluding steroid dienone is 2. The third-order valence-electron chi connectivity index (χ3n) is 6.83. The molecule has 1 saturated carbocycles. The topological polar surface area (TPSA) is 54.3 Å². The summed E-state index contributed by atoms with van der Waals surface area (Å²) in [6.07, 6.45) is 11.6. The molecule has 1 aromatic rings. The van der Waals surface area contributed by atoms with Crippen LogP contribution in [0.4, 0.5) is 4.79 Å². The van der Waals surface area contributed by atoms with Crippen LogP contribution in [0.15, 0.2) is 46.6 Å². The van der Waals surface area contributed by atoms with Crippen molar-refractivity contribution >= 4 is 6.03 Å². The smallest absolute Gasteiger partial charge is 0.315 e. The summed E-state index contributed by atoms with van der Waals surface area (Å²) >= 11 is 0. The third kappa shape index (κ3) is 3.71. The Kier molecular flexibility index (Phi) is 5.55. The van der Waals surface area contributed by atoms with Crippen molar-refractivity contribution in [3.63, 3.8) is 0 Å². The van der Waals surface area contributed by atoms with Gasteiger partial charge in [-0.2, -0.15) is 0 Å². The summed E-state index contributed by atoms with van der Waals surface area (Å²) in [5, 5.41) is 6.42. The molecule has 2 atom stereocenters. The fraction of sp³-hybridized carbons (Fsp3) is 0.609. The first-order chi connectivity index (χ1) is 12.8. The number of amides is 2. The van der Waals surface area contributed by atoms with E-state index in [4.69, 9.17) is 4.42 Å². The number of carbonyl (C=O) groups is 1. The van der Waals surface area contributed by atoms with Crippen molar-refractivity contribution < 1.29 is 9.21 Å². The van der Waals surface area contributed by atoms with E-state index in [2.05, 4.69) is 63.5 Å². The highest BCUT2D eigenvalue weighted by molar-refractivity contribution is 5.75. The highest BCUT2D eigenvalue weighted by Crippen LogP contribution is 2.43. The summed E-state index contributed by atoms with van der Waals surface area (Å²) in [5.41, 5.74) is 1.15. The van der Waals surface area contributed by atoms with E-state index in [1.54, 1.807) is 6.26 Å². The van der Waals surface area contributed by atoms with E-state index in [1.165, 1.54) is 12.0 Å². The average Bonchev–Trinajstić information content (AvgIpc) is 3.10. The number of furan rings is 1. The molecule has 1 fully saturated rings. The van der Waals surface area contributed by atoms with Crippen molar-refractivity contribution in [3.05, 3.63) is 48.0 Å². The van der Waals surface area contributed by atoms with Gasteiger partial charge in [0.15, 0.2) is 0 Å². The normalized spacial score (nSPS) is 26.6. The lowest BCUT2D eigenvalue weighted by Gasteiger charge is -2.44. The van der Waals surface area contributed by atoms with Gasteiger partial charge in [0.05, 0.1) is 12.3 Å². The van der Waals surface area contributed by atoms with Crippen molar-refractivity contribution in [2.45, 2.75) is 65.3 Å².